The third-order valence-corrected chi connectivity index (χ3v) is 4.96. The van der Waals surface area contributed by atoms with Gasteiger partial charge in [0.05, 0.1) is 5.52 Å². The average molecular weight is 395 g/mol. The van der Waals surface area contributed by atoms with Gasteiger partial charge in [-0.3, -0.25) is 9.78 Å². The molecule has 29 heavy (non-hydrogen) atoms. The molecule has 8 heteroatoms. The Balaban J connectivity index is 0.00000171. The topological polar surface area (TPSA) is 107 Å². The molecule has 0 unspecified atom stereocenters. The Hall–Kier alpha value is -3.68. The monoisotopic (exact) mass is 395 g/mol. The molecule has 0 bridgehead atoms. The van der Waals surface area contributed by atoms with Crippen LogP contribution in [0, 0.1) is 0 Å². The number of hydrogen-bond donors (Lipinski definition) is 3. The number of pyridine rings is 2. The fourth-order valence-electron chi connectivity index (χ4n) is 3.41. The number of fused-ring (bicyclic) bond motifs is 1. The van der Waals surface area contributed by atoms with E-state index >= 15 is 0 Å². The zero-order valence-corrected chi connectivity index (χ0v) is 15.7. The van der Waals surface area contributed by atoms with Crippen LogP contribution in [0.5, 0.6) is 0 Å². The minimum Gasteiger partial charge on any atom is -0.465 e. The van der Waals surface area contributed by atoms with Crippen molar-refractivity contribution in [3.63, 3.8) is 0 Å². The number of carbonyl (C=O) groups is 2. The number of likely N-dealkylation sites (tertiary alicyclic amines) is 1. The molecule has 0 atom stereocenters. The van der Waals surface area contributed by atoms with Crippen LogP contribution < -0.4 is 10.6 Å². The number of carbonyl (C=O) groups excluding carboxylic acids is 1. The van der Waals surface area contributed by atoms with E-state index in [0.29, 0.717) is 37.4 Å². The lowest BCUT2D eigenvalue weighted by atomic mass is 10.1. The van der Waals surface area contributed by atoms with E-state index in [1.807, 2.05) is 30.3 Å². The first-order chi connectivity index (χ1) is 14.1. The Morgan fingerprint density at radius 3 is 2.72 bits per heavy atom. The van der Waals surface area contributed by atoms with Gasteiger partial charge in [-0.2, -0.15) is 0 Å². The number of hydrogen-bond acceptors (Lipinski definition) is 5. The molecular weight excluding hydrogens is 370 g/mol. The van der Waals surface area contributed by atoms with Gasteiger partial charge in [-0.1, -0.05) is 12.1 Å². The van der Waals surface area contributed by atoms with Crippen LogP contribution in [0.4, 0.5) is 16.3 Å². The number of nitrogens with one attached hydrogen (secondary N) is 2. The first-order valence-corrected chi connectivity index (χ1v) is 9.46. The molecule has 152 valence electrons. The number of benzene rings is 1. The van der Waals surface area contributed by atoms with Crippen molar-refractivity contribution in [2.45, 2.75) is 18.9 Å². The molecule has 0 spiro atoms. The molecule has 3 heterocycles. The zero-order valence-electron chi connectivity index (χ0n) is 15.7. The Labute approximate surface area is 170 Å². The Morgan fingerprint density at radius 2 is 1.93 bits per heavy atom. The predicted molar refractivity (Wildman–Crippen MR) is 114 cm³/mol. The van der Waals surface area contributed by atoms with Crippen molar-refractivity contribution in [1.82, 2.24) is 20.2 Å². The standard InChI is InChI=1S/C21H21N5O3.2H2/c27-20(24-15-8-11-26(12-9-15)21(28)29)18-4-1-5-19(25-18)23-16-6-7-17-14(13-16)3-2-10-22-17;;/h1-7,10,13,15H,8-9,11-12H2,(H,23,25)(H,24,27)(H,28,29);2*1H. The van der Waals surface area contributed by atoms with Crippen molar-refractivity contribution in [2.24, 2.45) is 0 Å². The van der Waals surface area contributed by atoms with E-state index in [2.05, 4.69) is 20.6 Å². The van der Waals surface area contributed by atoms with Gasteiger partial charge in [0.2, 0.25) is 0 Å². The van der Waals surface area contributed by atoms with Crippen molar-refractivity contribution in [2.75, 3.05) is 18.4 Å². The van der Waals surface area contributed by atoms with Crippen LogP contribution >= 0.6 is 0 Å². The summed E-state index contributed by atoms with van der Waals surface area (Å²) in [5.74, 6) is 0.312. The van der Waals surface area contributed by atoms with Crippen molar-refractivity contribution in [3.05, 3.63) is 60.4 Å². The lowest BCUT2D eigenvalue weighted by molar-refractivity contribution is 0.0902. The molecule has 1 fully saturated rings. The van der Waals surface area contributed by atoms with Crippen LogP contribution in [0.15, 0.2) is 54.7 Å². The summed E-state index contributed by atoms with van der Waals surface area (Å²) in [5.41, 5.74) is 2.09. The molecule has 1 aliphatic rings. The van der Waals surface area contributed by atoms with E-state index in [1.54, 1.807) is 24.4 Å². The average Bonchev–Trinajstić information content (AvgIpc) is 2.74. The van der Waals surface area contributed by atoms with Gasteiger partial charge in [-0.15, -0.1) is 0 Å². The SMILES string of the molecule is O=C(NC1CCN(C(=O)O)CC1)c1cccc(Nc2ccc3ncccc3c2)n1.[HH].[HH]. The summed E-state index contributed by atoms with van der Waals surface area (Å²) in [6.07, 6.45) is 2.03. The number of rotatable bonds is 4. The van der Waals surface area contributed by atoms with E-state index in [1.165, 1.54) is 4.90 Å². The van der Waals surface area contributed by atoms with E-state index < -0.39 is 6.09 Å². The van der Waals surface area contributed by atoms with Crippen LogP contribution in [0.2, 0.25) is 0 Å². The van der Waals surface area contributed by atoms with Gasteiger partial charge in [-0.25, -0.2) is 9.78 Å². The second kappa shape index (κ2) is 8.14. The van der Waals surface area contributed by atoms with Crippen LogP contribution in [0.1, 0.15) is 26.2 Å². The molecule has 8 nitrogen and oxygen atoms in total. The largest absolute Gasteiger partial charge is 0.465 e. The normalized spacial score (nSPS) is 14.6. The van der Waals surface area contributed by atoms with Gasteiger partial charge in [0, 0.05) is 39.3 Å². The number of piperidine rings is 1. The van der Waals surface area contributed by atoms with Crippen molar-refractivity contribution >= 4 is 34.4 Å². The Bertz CT molecular complexity index is 1060. The van der Waals surface area contributed by atoms with E-state index in [0.717, 1.165) is 16.6 Å². The fraction of sp³-hybridized carbons (Fsp3) is 0.238. The number of carboxylic acid groups (broad SMARTS) is 1. The van der Waals surface area contributed by atoms with Gasteiger partial charge in [0.1, 0.15) is 11.5 Å². The summed E-state index contributed by atoms with van der Waals surface area (Å²) >= 11 is 0. The first-order valence-electron chi connectivity index (χ1n) is 9.46. The third kappa shape index (κ3) is 4.43. The molecule has 1 aliphatic heterocycles. The maximum absolute atomic E-state index is 12.6. The van der Waals surface area contributed by atoms with Crippen LogP contribution in [-0.4, -0.2) is 51.1 Å². The fourth-order valence-corrected chi connectivity index (χ4v) is 3.41. The molecule has 2 aromatic heterocycles. The molecule has 2 amide bonds. The number of anilines is 2. The third-order valence-electron chi connectivity index (χ3n) is 4.96. The summed E-state index contributed by atoms with van der Waals surface area (Å²) < 4.78 is 0. The van der Waals surface area contributed by atoms with Gasteiger partial charge in [-0.05, 0) is 49.2 Å². The molecule has 0 radical (unpaired) electrons. The smallest absolute Gasteiger partial charge is 0.407 e. The summed E-state index contributed by atoms with van der Waals surface area (Å²) in [6.45, 7) is 0.845. The first kappa shape index (κ1) is 18.7. The summed E-state index contributed by atoms with van der Waals surface area (Å²) in [6, 6.07) is 14.9. The van der Waals surface area contributed by atoms with Crippen LogP contribution in [-0.2, 0) is 0 Å². The number of amides is 2. The quantitative estimate of drug-likeness (QED) is 0.621. The predicted octanol–water partition coefficient (Wildman–Crippen LogP) is 3.74. The number of aromatic nitrogens is 2. The molecule has 1 saturated heterocycles. The zero-order chi connectivity index (χ0) is 20.2. The Kier molecular flexibility index (Phi) is 5.24. The van der Waals surface area contributed by atoms with Gasteiger partial charge >= 0.3 is 6.09 Å². The lowest BCUT2D eigenvalue weighted by Gasteiger charge is -2.30. The highest BCUT2D eigenvalue weighted by Gasteiger charge is 2.24. The minimum atomic E-state index is -0.917. The van der Waals surface area contributed by atoms with Crippen molar-refractivity contribution in [3.8, 4) is 0 Å². The highest BCUT2D eigenvalue weighted by molar-refractivity contribution is 5.93. The second-order valence-electron chi connectivity index (χ2n) is 6.96. The van der Waals surface area contributed by atoms with Crippen LogP contribution in [0.25, 0.3) is 10.9 Å². The molecule has 3 N–H and O–H groups in total. The second-order valence-corrected chi connectivity index (χ2v) is 6.96. The van der Waals surface area contributed by atoms with E-state index in [4.69, 9.17) is 5.11 Å². The maximum atomic E-state index is 12.6. The van der Waals surface area contributed by atoms with Gasteiger partial charge in [0.25, 0.3) is 5.91 Å². The molecule has 3 aromatic rings. The van der Waals surface area contributed by atoms with Gasteiger partial charge < -0.3 is 20.6 Å². The summed E-state index contributed by atoms with van der Waals surface area (Å²) in [4.78, 5) is 33.6. The summed E-state index contributed by atoms with van der Waals surface area (Å²) in [7, 11) is 0. The minimum absolute atomic E-state index is 0. The molecule has 1 aromatic carbocycles. The van der Waals surface area contributed by atoms with Gasteiger partial charge in [0.15, 0.2) is 0 Å². The summed E-state index contributed by atoms with van der Waals surface area (Å²) in [5, 5.41) is 16.2. The van der Waals surface area contributed by atoms with E-state index in [9.17, 15) is 9.59 Å². The molecule has 4 rings (SSSR count). The van der Waals surface area contributed by atoms with Crippen molar-refractivity contribution < 1.29 is 17.5 Å². The highest BCUT2D eigenvalue weighted by Crippen LogP contribution is 2.20. The maximum Gasteiger partial charge on any atom is 0.407 e. The van der Waals surface area contributed by atoms with Crippen molar-refractivity contribution in [1.29, 1.82) is 0 Å². The lowest BCUT2D eigenvalue weighted by Crippen LogP contribution is -2.46. The molecule has 0 saturated carbocycles. The highest BCUT2D eigenvalue weighted by atomic mass is 16.4. The molecular formula is C21H25N5O3. The van der Waals surface area contributed by atoms with E-state index in [-0.39, 0.29) is 14.8 Å². The Morgan fingerprint density at radius 1 is 1.10 bits per heavy atom. The molecule has 0 aliphatic carbocycles. The van der Waals surface area contributed by atoms with Crippen LogP contribution in [0.3, 0.4) is 0 Å². The number of nitrogens with zero attached hydrogens (tertiary/aromatic N) is 3.